The highest BCUT2D eigenvalue weighted by Crippen LogP contribution is 2.29. The molecule has 0 aliphatic rings. The van der Waals surface area contributed by atoms with Gasteiger partial charge in [-0.05, 0) is 12.1 Å². The first-order valence-corrected chi connectivity index (χ1v) is 5.24. The fourth-order valence-corrected chi connectivity index (χ4v) is 1.24. The van der Waals surface area contributed by atoms with Crippen LogP contribution in [0.25, 0.3) is 0 Å². The van der Waals surface area contributed by atoms with Crippen molar-refractivity contribution in [3.8, 4) is 0 Å². The zero-order valence-corrected chi connectivity index (χ0v) is 9.64. The zero-order chi connectivity index (χ0) is 13.1. The van der Waals surface area contributed by atoms with E-state index in [-0.39, 0.29) is 23.9 Å². The summed E-state index contributed by atoms with van der Waals surface area (Å²) in [5.74, 6) is -0.215. The number of nitrogens with one attached hydrogen (secondary N) is 1. The van der Waals surface area contributed by atoms with Gasteiger partial charge in [-0.3, -0.25) is 4.79 Å². The van der Waals surface area contributed by atoms with Crippen LogP contribution in [-0.2, 0) is 6.18 Å². The predicted octanol–water partition coefficient (Wildman–Crippen LogP) is 2.89. The first-order valence-electron chi connectivity index (χ1n) is 5.24. The van der Waals surface area contributed by atoms with Crippen LogP contribution in [-0.4, -0.2) is 18.4 Å². The fourth-order valence-electron chi connectivity index (χ4n) is 1.24. The second kappa shape index (κ2) is 5.31. The molecule has 0 radical (unpaired) electrons. The molecular weight excluding hydrogens is 231 g/mol. The highest BCUT2D eigenvalue weighted by atomic mass is 19.4. The Morgan fingerprint density at radius 3 is 2.18 bits per heavy atom. The van der Waals surface area contributed by atoms with Gasteiger partial charge in [-0.2, -0.15) is 13.2 Å². The fraction of sp³-hybridized carbons (Fsp3) is 0.417. The largest absolute Gasteiger partial charge is 0.416 e. The Labute approximate surface area is 97.8 Å². The highest BCUT2D eigenvalue weighted by Gasteiger charge is 2.30. The molecule has 0 heterocycles. The number of carbonyl (C=O) groups excluding carboxylic acids is 1. The molecule has 1 aromatic carbocycles. The van der Waals surface area contributed by atoms with Gasteiger partial charge in [0, 0.05) is 11.6 Å². The quantitative estimate of drug-likeness (QED) is 0.826. The van der Waals surface area contributed by atoms with Crippen LogP contribution in [0.3, 0.4) is 0 Å². The van der Waals surface area contributed by atoms with Gasteiger partial charge < -0.3 is 5.32 Å². The number of Topliss-reactive ketones (excluding diaryl/α,β-unsaturated/α-hetero) is 1. The summed E-state index contributed by atoms with van der Waals surface area (Å²) in [7, 11) is 0. The molecule has 2 nitrogen and oxygen atoms in total. The van der Waals surface area contributed by atoms with Gasteiger partial charge in [-0.25, -0.2) is 0 Å². The topological polar surface area (TPSA) is 29.1 Å². The zero-order valence-electron chi connectivity index (χ0n) is 9.64. The average Bonchev–Trinajstić information content (AvgIpc) is 2.25. The minimum absolute atomic E-state index is 0.128. The smallest absolute Gasteiger partial charge is 0.307 e. The summed E-state index contributed by atoms with van der Waals surface area (Å²) in [6.45, 7) is 3.91. The number of carbonyl (C=O) groups is 1. The lowest BCUT2D eigenvalue weighted by atomic mass is 10.1. The molecule has 0 bridgehead atoms. The molecule has 0 saturated carbocycles. The van der Waals surface area contributed by atoms with Gasteiger partial charge in [0.05, 0.1) is 12.1 Å². The average molecular weight is 245 g/mol. The maximum absolute atomic E-state index is 12.3. The summed E-state index contributed by atoms with van der Waals surface area (Å²) in [5, 5.41) is 2.92. The van der Waals surface area contributed by atoms with Gasteiger partial charge in [0.15, 0.2) is 5.78 Å². The second-order valence-electron chi connectivity index (χ2n) is 4.03. The van der Waals surface area contributed by atoms with Crippen LogP contribution >= 0.6 is 0 Å². The third-order valence-corrected chi connectivity index (χ3v) is 2.21. The predicted molar refractivity (Wildman–Crippen MR) is 58.9 cm³/mol. The molecule has 0 spiro atoms. The van der Waals surface area contributed by atoms with E-state index in [1.54, 1.807) is 0 Å². The van der Waals surface area contributed by atoms with Crippen LogP contribution in [0.15, 0.2) is 24.3 Å². The minimum atomic E-state index is -4.36. The van der Waals surface area contributed by atoms with E-state index in [1.165, 1.54) is 12.1 Å². The molecule has 0 aromatic heterocycles. The molecule has 0 aliphatic heterocycles. The second-order valence-corrected chi connectivity index (χ2v) is 4.03. The number of hydrogen-bond donors (Lipinski definition) is 1. The van der Waals surface area contributed by atoms with Gasteiger partial charge in [0.25, 0.3) is 0 Å². The third-order valence-electron chi connectivity index (χ3n) is 2.21. The molecule has 94 valence electrons. The van der Waals surface area contributed by atoms with Crippen molar-refractivity contribution in [2.45, 2.75) is 26.1 Å². The maximum Gasteiger partial charge on any atom is 0.416 e. The van der Waals surface area contributed by atoms with Crippen molar-refractivity contribution in [2.75, 3.05) is 6.54 Å². The normalized spacial score (nSPS) is 11.9. The van der Waals surface area contributed by atoms with Gasteiger partial charge in [0.2, 0.25) is 0 Å². The number of benzene rings is 1. The van der Waals surface area contributed by atoms with Crippen LogP contribution in [0.2, 0.25) is 0 Å². The van der Waals surface area contributed by atoms with Gasteiger partial charge in [-0.15, -0.1) is 0 Å². The molecule has 0 fully saturated rings. The molecule has 17 heavy (non-hydrogen) atoms. The highest BCUT2D eigenvalue weighted by molar-refractivity contribution is 5.97. The van der Waals surface area contributed by atoms with Crippen molar-refractivity contribution < 1.29 is 18.0 Å². The van der Waals surface area contributed by atoms with Crippen molar-refractivity contribution >= 4 is 5.78 Å². The lowest BCUT2D eigenvalue weighted by Crippen LogP contribution is -2.29. The molecule has 5 heteroatoms. The van der Waals surface area contributed by atoms with Crippen molar-refractivity contribution in [2.24, 2.45) is 0 Å². The molecular formula is C12H14F3NO. The van der Waals surface area contributed by atoms with E-state index in [0.717, 1.165) is 12.1 Å². The molecule has 1 rings (SSSR count). The Morgan fingerprint density at radius 2 is 1.76 bits per heavy atom. The van der Waals surface area contributed by atoms with E-state index in [4.69, 9.17) is 0 Å². The van der Waals surface area contributed by atoms with Crippen molar-refractivity contribution in [1.82, 2.24) is 5.32 Å². The summed E-state index contributed by atoms with van der Waals surface area (Å²) in [4.78, 5) is 11.6. The third kappa shape index (κ3) is 4.19. The summed E-state index contributed by atoms with van der Waals surface area (Å²) in [6.07, 6.45) is -4.36. The van der Waals surface area contributed by atoms with Crippen molar-refractivity contribution in [1.29, 1.82) is 0 Å². The van der Waals surface area contributed by atoms with E-state index in [1.807, 2.05) is 13.8 Å². The van der Waals surface area contributed by atoms with E-state index in [2.05, 4.69) is 5.32 Å². The molecule has 0 atom stereocenters. The Bertz CT molecular complexity index is 382. The van der Waals surface area contributed by atoms with Crippen molar-refractivity contribution in [3.63, 3.8) is 0 Å². The minimum Gasteiger partial charge on any atom is -0.307 e. The summed E-state index contributed by atoms with van der Waals surface area (Å²) >= 11 is 0. The Balaban J connectivity index is 2.71. The molecule has 0 unspecified atom stereocenters. The van der Waals surface area contributed by atoms with E-state index >= 15 is 0 Å². The number of rotatable bonds is 4. The van der Waals surface area contributed by atoms with E-state index in [0.29, 0.717) is 0 Å². The van der Waals surface area contributed by atoms with Crippen LogP contribution in [0.5, 0.6) is 0 Å². The maximum atomic E-state index is 12.3. The molecule has 0 amide bonds. The Morgan fingerprint density at radius 1 is 1.24 bits per heavy atom. The SMILES string of the molecule is CC(C)NCC(=O)c1ccc(C(F)(F)F)cc1. The first kappa shape index (κ1) is 13.7. The summed E-state index contributed by atoms with van der Waals surface area (Å²) < 4.78 is 36.8. The number of alkyl halides is 3. The van der Waals surface area contributed by atoms with Gasteiger partial charge >= 0.3 is 6.18 Å². The number of halogens is 3. The van der Waals surface area contributed by atoms with Crippen LogP contribution < -0.4 is 5.32 Å². The number of ketones is 1. The summed E-state index contributed by atoms with van der Waals surface area (Å²) in [5.41, 5.74) is -0.461. The van der Waals surface area contributed by atoms with E-state index in [9.17, 15) is 18.0 Å². The van der Waals surface area contributed by atoms with Gasteiger partial charge in [-0.1, -0.05) is 26.0 Å². The lowest BCUT2D eigenvalue weighted by molar-refractivity contribution is -0.137. The Hall–Kier alpha value is -1.36. The molecule has 0 aliphatic carbocycles. The van der Waals surface area contributed by atoms with Crippen LogP contribution in [0.1, 0.15) is 29.8 Å². The first-order chi connectivity index (χ1) is 7.80. The summed E-state index contributed by atoms with van der Waals surface area (Å²) in [6, 6.07) is 4.40. The molecule has 1 aromatic rings. The van der Waals surface area contributed by atoms with Crippen molar-refractivity contribution in [3.05, 3.63) is 35.4 Å². The lowest BCUT2D eigenvalue weighted by Gasteiger charge is -2.09. The Kier molecular flexibility index (Phi) is 4.28. The molecule has 1 N–H and O–H groups in total. The van der Waals surface area contributed by atoms with E-state index < -0.39 is 11.7 Å². The molecule has 0 saturated heterocycles. The standard InChI is InChI=1S/C12H14F3NO/c1-8(2)16-7-11(17)9-3-5-10(6-4-9)12(13,14)15/h3-6,8,16H,7H2,1-2H3. The van der Waals surface area contributed by atoms with Crippen LogP contribution in [0, 0.1) is 0 Å². The van der Waals surface area contributed by atoms with Gasteiger partial charge in [0.1, 0.15) is 0 Å². The monoisotopic (exact) mass is 245 g/mol. The number of hydrogen-bond acceptors (Lipinski definition) is 2. The van der Waals surface area contributed by atoms with Crippen LogP contribution in [0.4, 0.5) is 13.2 Å².